The standard InChI is InChI=1S/C19H26ClN5O/c1-22(15-16-6-4-3-5-7-16)8-9-24-10-12-25(13-11-24)17-14-21-23(2)19(26)18(17)20/h3-7,14H,8-13,15H2,1-2H3. The topological polar surface area (TPSA) is 44.6 Å². The number of nitrogens with zero attached hydrogens (tertiary/aromatic N) is 5. The molecule has 1 fully saturated rings. The summed E-state index contributed by atoms with van der Waals surface area (Å²) in [5.41, 5.74) is 1.84. The zero-order valence-corrected chi connectivity index (χ0v) is 16.2. The Labute approximate surface area is 159 Å². The lowest BCUT2D eigenvalue weighted by Crippen LogP contribution is -2.48. The van der Waals surface area contributed by atoms with E-state index in [2.05, 4.69) is 51.1 Å². The van der Waals surface area contributed by atoms with Crippen LogP contribution in [0.2, 0.25) is 5.02 Å². The fraction of sp³-hybridized carbons (Fsp3) is 0.474. The average molecular weight is 376 g/mol. The lowest BCUT2D eigenvalue weighted by atomic mass is 10.2. The maximum Gasteiger partial charge on any atom is 0.287 e. The van der Waals surface area contributed by atoms with E-state index in [1.807, 2.05) is 6.07 Å². The lowest BCUT2D eigenvalue weighted by Gasteiger charge is -2.36. The van der Waals surface area contributed by atoms with Gasteiger partial charge in [-0.15, -0.1) is 0 Å². The molecule has 1 aliphatic heterocycles. The Morgan fingerprint density at radius 2 is 1.85 bits per heavy atom. The van der Waals surface area contributed by atoms with Crippen LogP contribution < -0.4 is 10.5 Å². The van der Waals surface area contributed by atoms with Gasteiger partial charge in [-0.25, -0.2) is 4.68 Å². The molecule has 0 aliphatic carbocycles. The minimum atomic E-state index is -0.242. The first-order valence-electron chi connectivity index (χ1n) is 8.96. The second kappa shape index (κ2) is 8.66. The summed E-state index contributed by atoms with van der Waals surface area (Å²) in [5, 5.41) is 4.35. The van der Waals surface area contributed by atoms with Crippen molar-refractivity contribution in [3.05, 3.63) is 57.5 Å². The van der Waals surface area contributed by atoms with Crippen LogP contribution in [0, 0.1) is 0 Å². The van der Waals surface area contributed by atoms with Gasteiger partial charge in [0, 0.05) is 52.9 Å². The van der Waals surface area contributed by atoms with Crippen molar-refractivity contribution in [2.24, 2.45) is 7.05 Å². The van der Waals surface area contributed by atoms with Crippen LogP contribution in [-0.2, 0) is 13.6 Å². The summed E-state index contributed by atoms with van der Waals surface area (Å²) >= 11 is 6.21. The zero-order chi connectivity index (χ0) is 18.5. The van der Waals surface area contributed by atoms with Crippen LogP contribution in [0.25, 0.3) is 0 Å². The smallest absolute Gasteiger partial charge is 0.287 e. The van der Waals surface area contributed by atoms with Crippen LogP contribution in [0.15, 0.2) is 41.3 Å². The van der Waals surface area contributed by atoms with Gasteiger partial charge in [0.15, 0.2) is 0 Å². The number of hydrogen-bond acceptors (Lipinski definition) is 5. The maximum absolute atomic E-state index is 11.9. The first kappa shape index (κ1) is 18.9. The van der Waals surface area contributed by atoms with Crippen molar-refractivity contribution in [1.29, 1.82) is 0 Å². The number of aryl methyl sites for hydroxylation is 1. The van der Waals surface area contributed by atoms with Gasteiger partial charge in [0.1, 0.15) is 5.02 Å². The Kier molecular flexibility index (Phi) is 6.29. The number of piperazine rings is 1. The van der Waals surface area contributed by atoms with Gasteiger partial charge < -0.3 is 9.80 Å². The van der Waals surface area contributed by atoms with Crippen molar-refractivity contribution in [2.75, 3.05) is 51.2 Å². The van der Waals surface area contributed by atoms with Crippen molar-refractivity contribution in [1.82, 2.24) is 19.6 Å². The highest BCUT2D eigenvalue weighted by molar-refractivity contribution is 6.33. The van der Waals surface area contributed by atoms with E-state index in [0.717, 1.165) is 51.5 Å². The molecular formula is C19H26ClN5O. The molecule has 26 heavy (non-hydrogen) atoms. The summed E-state index contributed by atoms with van der Waals surface area (Å²) < 4.78 is 1.27. The van der Waals surface area contributed by atoms with Crippen LogP contribution in [0.5, 0.6) is 0 Å². The molecule has 2 aromatic rings. The number of halogens is 1. The molecule has 1 aliphatic rings. The van der Waals surface area contributed by atoms with Crippen molar-refractivity contribution in [3.8, 4) is 0 Å². The number of hydrogen-bond donors (Lipinski definition) is 0. The predicted octanol–water partition coefficient (Wildman–Crippen LogP) is 1.69. The van der Waals surface area contributed by atoms with Gasteiger partial charge in [-0.3, -0.25) is 9.69 Å². The van der Waals surface area contributed by atoms with E-state index in [1.54, 1.807) is 13.2 Å². The van der Waals surface area contributed by atoms with E-state index in [4.69, 9.17) is 11.6 Å². The van der Waals surface area contributed by atoms with Gasteiger partial charge in [0.25, 0.3) is 5.56 Å². The third kappa shape index (κ3) is 4.63. The van der Waals surface area contributed by atoms with E-state index in [0.29, 0.717) is 0 Å². The Hall–Kier alpha value is -1.89. The molecule has 0 atom stereocenters. The lowest BCUT2D eigenvalue weighted by molar-refractivity contribution is 0.212. The Morgan fingerprint density at radius 3 is 2.54 bits per heavy atom. The minimum Gasteiger partial charge on any atom is -0.366 e. The van der Waals surface area contributed by atoms with Crippen molar-refractivity contribution < 1.29 is 0 Å². The van der Waals surface area contributed by atoms with E-state index in [-0.39, 0.29) is 10.6 Å². The molecule has 0 radical (unpaired) electrons. The number of rotatable bonds is 6. The number of likely N-dealkylation sites (N-methyl/N-ethyl adjacent to an activating group) is 1. The quantitative estimate of drug-likeness (QED) is 0.768. The van der Waals surface area contributed by atoms with Gasteiger partial charge >= 0.3 is 0 Å². The first-order valence-corrected chi connectivity index (χ1v) is 9.34. The number of aromatic nitrogens is 2. The SMILES string of the molecule is CN(CCN1CCN(c2cnn(C)c(=O)c2Cl)CC1)Cc1ccccc1. The molecule has 3 rings (SSSR count). The fourth-order valence-corrected chi connectivity index (χ4v) is 3.51. The van der Waals surface area contributed by atoms with E-state index >= 15 is 0 Å². The molecule has 1 aromatic carbocycles. The molecule has 0 spiro atoms. The number of benzene rings is 1. The first-order chi connectivity index (χ1) is 12.5. The van der Waals surface area contributed by atoms with Crippen LogP contribution >= 0.6 is 11.6 Å². The molecule has 0 bridgehead atoms. The second-order valence-corrected chi connectivity index (χ2v) is 7.20. The van der Waals surface area contributed by atoms with Gasteiger partial charge in [-0.1, -0.05) is 41.9 Å². The highest BCUT2D eigenvalue weighted by Gasteiger charge is 2.20. The molecule has 2 heterocycles. The molecule has 1 aromatic heterocycles. The largest absolute Gasteiger partial charge is 0.366 e. The molecule has 0 saturated carbocycles. The molecular weight excluding hydrogens is 350 g/mol. The zero-order valence-electron chi connectivity index (χ0n) is 15.4. The van der Waals surface area contributed by atoms with E-state index < -0.39 is 0 Å². The molecule has 6 nitrogen and oxygen atoms in total. The average Bonchev–Trinajstić information content (AvgIpc) is 2.66. The van der Waals surface area contributed by atoms with Crippen molar-refractivity contribution in [2.45, 2.75) is 6.54 Å². The summed E-state index contributed by atoms with van der Waals surface area (Å²) in [6.45, 7) is 6.68. The maximum atomic E-state index is 11.9. The van der Waals surface area contributed by atoms with Crippen LogP contribution in [0.4, 0.5) is 5.69 Å². The highest BCUT2D eigenvalue weighted by Crippen LogP contribution is 2.22. The highest BCUT2D eigenvalue weighted by atomic mass is 35.5. The predicted molar refractivity (Wildman–Crippen MR) is 106 cm³/mol. The summed E-state index contributed by atoms with van der Waals surface area (Å²) in [5.74, 6) is 0. The van der Waals surface area contributed by atoms with Gasteiger partial charge in [-0.2, -0.15) is 5.10 Å². The fourth-order valence-electron chi connectivity index (χ4n) is 3.22. The van der Waals surface area contributed by atoms with Gasteiger partial charge in [0.2, 0.25) is 0 Å². The molecule has 7 heteroatoms. The molecule has 1 saturated heterocycles. The summed E-state index contributed by atoms with van der Waals surface area (Å²) in [4.78, 5) is 18.9. The third-order valence-corrected chi connectivity index (χ3v) is 5.22. The van der Waals surface area contributed by atoms with Crippen molar-refractivity contribution in [3.63, 3.8) is 0 Å². The summed E-state index contributed by atoms with van der Waals surface area (Å²) in [6, 6.07) is 10.5. The van der Waals surface area contributed by atoms with Crippen LogP contribution in [-0.4, -0.2) is 65.9 Å². The molecule has 0 amide bonds. The van der Waals surface area contributed by atoms with E-state index in [1.165, 1.54) is 10.2 Å². The van der Waals surface area contributed by atoms with Gasteiger partial charge in [0.05, 0.1) is 11.9 Å². The molecule has 140 valence electrons. The molecule has 0 unspecified atom stereocenters. The van der Waals surface area contributed by atoms with Crippen LogP contribution in [0.1, 0.15) is 5.56 Å². The number of anilines is 1. The molecule has 0 N–H and O–H groups in total. The Bertz CT molecular complexity index is 771. The summed E-state index contributed by atoms with van der Waals surface area (Å²) in [6.07, 6.45) is 1.69. The van der Waals surface area contributed by atoms with Crippen molar-refractivity contribution >= 4 is 17.3 Å². The summed E-state index contributed by atoms with van der Waals surface area (Å²) in [7, 11) is 3.77. The third-order valence-electron chi connectivity index (χ3n) is 4.87. The Balaban J connectivity index is 1.47. The monoisotopic (exact) mass is 375 g/mol. The Morgan fingerprint density at radius 1 is 1.15 bits per heavy atom. The minimum absolute atomic E-state index is 0.242. The van der Waals surface area contributed by atoms with E-state index in [9.17, 15) is 4.79 Å². The van der Waals surface area contributed by atoms with Gasteiger partial charge in [-0.05, 0) is 12.6 Å². The van der Waals surface area contributed by atoms with Crippen LogP contribution in [0.3, 0.4) is 0 Å². The normalized spacial score (nSPS) is 15.6. The second-order valence-electron chi connectivity index (χ2n) is 6.82.